The van der Waals surface area contributed by atoms with E-state index in [-0.39, 0.29) is 5.60 Å². The van der Waals surface area contributed by atoms with Gasteiger partial charge in [-0.3, -0.25) is 4.40 Å². The molecule has 1 unspecified atom stereocenters. The Morgan fingerprint density at radius 2 is 1.61 bits per heavy atom. The number of nitrogens with zero attached hydrogens (tertiary/aromatic N) is 2. The first-order valence-electron chi connectivity index (χ1n) is 11.9. The van der Waals surface area contributed by atoms with Crippen LogP contribution in [0.5, 0.6) is 5.75 Å². The lowest BCUT2D eigenvalue weighted by atomic mass is 9.95. The Balaban J connectivity index is 1.71. The summed E-state index contributed by atoms with van der Waals surface area (Å²) < 4.78 is 30.9. The third kappa shape index (κ3) is 4.49. The molecular weight excluding hydrogens is 384 g/mol. The lowest BCUT2D eigenvalue weighted by molar-refractivity contribution is 0.0786. The normalized spacial score (nSPS) is 15.7. The van der Waals surface area contributed by atoms with Crippen molar-refractivity contribution in [1.29, 1.82) is 0 Å². The number of pyridine rings is 1. The minimum absolute atomic E-state index is 0.260. The van der Waals surface area contributed by atoms with Crippen LogP contribution >= 0.6 is 0 Å². The Morgan fingerprint density at radius 1 is 0.968 bits per heavy atom. The molecule has 0 radical (unpaired) electrons. The highest BCUT2D eigenvalue weighted by Crippen LogP contribution is 2.31. The largest absolute Gasteiger partial charge is 0.488 e. The highest BCUT2D eigenvalue weighted by atomic mass is 16.5. The highest BCUT2D eigenvalue weighted by Gasteiger charge is 2.16. The van der Waals surface area contributed by atoms with Gasteiger partial charge in [0.15, 0.2) is 0 Å². The summed E-state index contributed by atoms with van der Waals surface area (Å²) in [5, 5.41) is 10.5. The summed E-state index contributed by atoms with van der Waals surface area (Å²) in [6, 6.07) is 17.0. The van der Waals surface area contributed by atoms with Gasteiger partial charge in [-0.25, -0.2) is 4.98 Å². The number of aryl methyl sites for hydroxylation is 1. The average molecular weight is 418 g/mol. The van der Waals surface area contributed by atoms with Gasteiger partial charge in [0.1, 0.15) is 17.0 Å². The van der Waals surface area contributed by atoms with Crippen LogP contribution in [0.25, 0.3) is 28.0 Å². The van der Waals surface area contributed by atoms with Gasteiger partial charge >= 0.3 is 0 Å². The van der Waals surface area contributed by atoms with Crippen LogP contribution in [0.4, 0.5) is 0 Å². The predicted octanol–water partition coefficient (Wildman–Crippen LogP) is 6.38. The molecule has 4 aromatic rings. The van der Waals surface area contributed by atoms with E-state index in [2.05, 4.69) is 9.38 Å². The van der Waals surface area contributed by atoms with E-state index in [0.29, 0.717) is 5.56 Å². The van der Waals surface area contributed by atoms with Crippen LogP contribution < -0.4 is 4.74 Å². The lowest BCUT2D eigenvalue weighted by Crippen LogP contribution is -2.22. The number of rotatable bonds is 4. The van der Waals surface area contributed by atoms with Crippen LogP contribution in [0.15, 0.2) is 67.0 Å². The summed E-state index contributed by atoms with van der Waals surface area (Å²) >= 11 is 0. The second kappa shape index (κ2) is 7.54. The third-order valence-electron chi connectivity index (χ3n) is 5.19. The van der Waals surface area contributed by atoms with E-state index in [1.165, 1.54) is 6.92 Å². The molecule has 0 amide bonds. The van der Waals surface area contributed by atoms with Crippen molar-refractivity contribution < 1.29 is 14.0 Å². The predicted molar refractivity (Wildman–Crippen MR) is 126 cm³/mol. The first-order chi connectivity index (χ1) is 15.8. The zero-order valence-corrected chi connectivity index (χ0v) is 18.6. The number of aliphatic hydroxyl groups is 1. The fraction of sp³-hybridized carbons (Fsp3) is 0.296. The van der Waals surface area contributed by atoms with Crippen molar-refractivity contribution in [3.05, 3.63) is 78.1 Å². The van der Waals surface area contributed by atoms with Gasteiger partial charge in [-0.05, 0) is 88.5 Å². The summed E-state index contributed by atoms with van der Waals surface area (Å²) in [4.78, 5) is 4.58. The summed E-state index contributed by atoms with van der Waals surface area (Å²) in [5.74, 6) is 0.814. The molecule has 31 heavy (non-hydrogen) atoms. The molecule has 160 valence electrons. The zero-order valence-electron chi connectivity index (χ0n) is 21.6. The van der Waals surface area contributed by atoms with Crippen LogP contribution in [0, 0.1) is 6.92 Å². The topological polar surface area (TPSA) is 46.8 Å². The second-order valence-electron chi connectivity index (χ2n) is 9.13. The van der Waals surface area contributed by atoms with E-state index in [1.54, 1.807) is 12.1 Å². The first kappa shape index (κ1) is 17.6. The molecule has 4 heteroatoms. The fourth-order valence-electron chi connectivity index (χ4n) is 3.66. The Hall–Kier alpha value is -3.11. The maximum Gasteiger partial charge on any atom is 0.137 e. The van der Waals surface area contributed by atoms with Crippen LogP contribution in [0.1, 0.15) is 49.8 Å². The summed E-state index contributed by atoms with van der Waals surface area (Å²) in [6.07, 6.45) is 3.90. The minimum Gasteiger partial charge on any atom is -0.488 e. The molecule has 0 spiro atoms. The molecule has 0 saturated carbocycles. The van der Waals surface area contributed by atoms with Gasteiger partial charge in [0.2, 0.25) is 0 Å². The molecule has 0 aliphatic heterocycles. The second-order valence-corrected chi connectivity index (χ2v) is 9.13. The summed E-state index contributed by atoms with van der Waals surface area (Å²) in [5.41, 5.74) is 3.98. The quantitative estimate of drug-likeness (QED) is 0.419. The molecule has 0 bridgehead atoms. The van der Waals surface area contributed by atoms with Crippen LogP contribution in [-0.4, -0.2) is 20.1 Å². The van der Waals surface area contributed by atoms with Crippen molar-refractivity contribution >= 4 is 5.65 Å². The third-order valence-corrected chi connectivity index (χ3v) is 5.19. The molecule has 1 N–H and O–H groups in total. The van der Waals surface area contributed by atoms with Crippen molar-refractivity contribution in [1.82, 2.24) is 9.38 Å². The van der Waals surface area contributed by atoms with E-state index in [9.17, 15) is 5.11 Å². The number of ether oxygens (including phenoxy) is 1. The number of hydrogen-bond acceptors (Lipinski definition) is 3. The number of imidazole rings is 1. The molecule has 0 aliphatic rings. The Morgan fingerprint density at radius 3 is 2.23 bits per heavy atom. The van der Waals surface area contributed by atoms with Crippen molar-refractivity contribution in [3.63, 3.8) is 0 Å². The van der Waals surface area contributed by atoms with Gasteiger partial charge in [-0.15, -0.1) is 0 Å². The minimum atomic E-state index is -2.51. The van der Waals surface area contributed by atoms with Crippen LogP contribution in [-0.2, 0) is 5.60 Å². The monoisotopic (exact) mass is 417 g/mol. The van der Waals surface area contributed by atoms with E-state index < -0.39 is 12.5 Å². The Kier molecular flexibility index (Phi) is 4.27. The molecule has 4 rings (SSSR count). The maximum absolute atomic E-state index is 10.5. The van der Waals surface area contributed by atoms with Crippen molar-refractivity contribution in [2.75, 3.05) is 0 Å². The van der Waals surface area contributed by atoms with Crippen molar-refractivity contribution in [2.45, 2.75) is 52.7 Å². The number of aromatic nitrogens is 2. The molecule has 0 saturated heterocycles. The molecule has 4 nitrogen and oxygen atoms in total. The zero-order chi connectivity index (χ0) is 24.9. The number of benzene rings is 2. The van der Waals surface area contributed by atoms with E-state index >= 15 is 0 Å². The highest BCUT2D eigenvalue weighted by molar-refractivity contribution is 5.72. The average Bonchev–Trinajstić information content (AvgIpc) is 3.14. The van der Waals surface area contributed by atoms with Gasteiger partial charge in [0.05, 0.1) is 17.5 Å². The van der Waals surface area contributed by atoms with E-state index in [1.807, 2.05) is 82.6 Å². The molecule has 1 atom stereocenters. The number of fused-ring (bicyclic) bond motifs is 1. The smallest absolute Gasteiger partial charge is 0.137 e. The van der Waals surface area contributed by atoms with Gasteiger partial charge in [-0.1, -0.05) is 24.3 Å². The number of hydrogen-bond donors (Lipinski definition) is 1. The molecule has 2 heterocycles. The molecule has 0 fully saturated rings. The van der Waals surface area contributed by atoms with E-state index in [0.717, 1.165) is 39.3 Å². The summed E-state index contributed by atoms with van der Waals surface area (Å²) in [6.45, 7) is 6.89. The SMILES string of the molecule is [2H]C([2H])([2H])C(C)(O)c1ccc(-c2cn3c(-c4ccc(OC(C)(C)C)cc4)cnc3cc2C)cc1. The van der Waals surface area contributed by atoms with Gasteiger partial charge in [0, 0.05) is 21.4 Å². The van der Waals surface area contributed by atoms with Crippen LogP contribution in [0.2, 0.25) is 0 Å². The van der Waals surface area contributed by atoms with Gasteiger partial charge in [-0.2, -0.15) is 0 Å². The van der Waals surface area contributed by atoms with Crippen LogP contribution in [0.3, 0.4) is 0 Å². The Bertz CT molecular complexity index is 1310. The molecule has 2 aromatic carbocycles. The summed E-state index contributed by atoms with van der Waals surface area (Å²) in [7, 11) is 0. The standard InChI is InChI=1S/C27H30N2O2/c1-18-15-25-28-16-24(20-9-13-22(14-10-20)31-26(2,3)4)29(25)17-23(18)19-7-11-21(12-8-19)27(5,6)30/h7-17,30H,1-6H3/i5D3. The van der Waals surface area contributed by atoms with Gasteiger partial charge in [0.25, 0.3) is 0 Å². The molecular formula is C27H30N2O2. The lowest BCUT2D eigenvalue weighted by Gasteiger charge is -2.21. The first-order valence-corrected chi connectivity index (χ1v) is 10.4. The van der Waals surface area contributed by atoms with Crippen molar-refractivity contribution in [2.24, 2.45) is 0 Å². The fourth-order valence-corrected chi connectivity index (χ4v) is 3.66. The van der Waals surface area contributed by atoms with E-state index in [4.69, 9.17) is 8.85 Å². The van der Waals surface area contributed by atoms with Gasteiger partial charge < -0.3 is 9.84 Å². The van der Waals surface area contributed by atoms with Crippen molar-refractivity contribution in [3.8, 4) is 28.1 Å². The molecule has 0 aliphatic carbocycles. The Labute approximate surface area is 188 Å². The maximum atomic E-state index is 10.5. The molecule has 2 aromatic heterocycles.